The second-order valence-electron chi connectivity index (χ2n) is 9.96. The van der Waals surface area contributed by atoms with Crippen LogP contribution in [0.5, 0.6) is 5.75 Å². The van der Waals surface area contributed by atoms with E-state index in [0.29, 0.717) is 30.8 Å². The van der Waals surface area contributed by atoms with E-state index in [0.717, 1.165) is 73.4 Å². The third kappa shape index (κ3) is 3.62. The minimum atomic E-state index is -0.648. The van der Waals surface area contributed by atoms with Crippen molar-refractivity contribution in [3.8, 4) is 5.75 Å². The minimum Gasteiger partial charge on any atom is -0.480 e. The van der Waals surface area contributed by atoms with Gasteiger partial charge in [-0.15, -0.1) is 0 Å². The van der Waals surface area contributed by atoms with Gasteiger partial charge >= 0.3 is 5.63 Å². The summed E-state index contributed by atoms with van der Waals surface area (Å²) in [6.45, 7) is 4.82. The van der Waals surface area contributed by atoms with Crippen LogP contribution < -0.4 is 10.4 Å². The van der Waals surface area contributed by atoms with E-state index in [-0.39, 0.29) is 17.5 Å². The Kier molecular flexibility index (Phi) is 5.52. The summed E-state index contributed by atoms with van der Waals surface area (Å²) in [7, 11) is 0. The van der Waals surface area contributed by atoms with E-state index in [9.17, 15) is 14.7 Å². The lowest BCUT2D eigenvalue weighted by atomic mass is 9.71. The topological polar surface area (TPSA) is 80.0 Å². The number of likely N-dealkylation sites (tertiary alicyclic amines) is 1. The first-order valence-corrected chi connectivity index (χ1v) is 12.1. The van der Waals surface area contributed by atoms with Gasteiger partial charge in [0.1, 0.15) is 11.3 Å². The van der Waals surface area contributed by atoms with Crippen molar-refractivity contribution in [1.29, 1.82) is 0 Å². The zero-order valence-corrected chi connectivity index (χ0v) is 19.1. The molecule has 0 bridgehead atoms. The standard InChI is InChI=1S/C26H33NO5/c1-16-22(11-10-20-19-8-3-4-9-21(19)25(29)32-23(16)20)31-17(2)24(28)27-14-13-26(30)12-6-5-7-18(26)15-27/h10-11,17-18,30H,3-9,12-15H2,1-2H3/t17-,18-,26-/m0/s1. The van der Waals surface area contributed by atoms with Crippen LogP contribution in [0.2, 0.25) is 0 Å². The highest BCUT2D eigenvalue weighted by Gasteiger charge is 2.44. The second kappa shape index (κ2) is 8.22. The van der Waals surface area contributed by atoms with E-state index in [1.54, 1.807) is 6.92 Å². The molecule has 2 heterocycles. The summed E-state index contributed by atoms with van der Waals surface area (Å²) >= 11 is 0. The van der Waals surface area contributed by atoms with Gasteiger partial charge in [0.15, 0.2) is 6.10 Å². The fourth-order valence-electron chi connectivity index (χ4n) is 6.02. The summed E-state index contributed by atoms with van der Waals surface area (Å²) in [6.07, 6.45) is 7.79. The molecule has 1 N–H and O–H groups in total. The maximum absolute atomic E-state index is 13.1. The molecule has 0 spiro atoms. The average molecular weight is 440 g/mol. The lowest BCUT2D eigenvalue weighted by Crippen LogP contribution is -2.56. The van der Waals surface area contributed by atoms with Gasteiger partial charge in [-0.1, -0.05) is 12.8 Å². The highest BCUT2D eigenvalue weighted by atomic mass is 16.5. The Bertz CT molecular complexity index is 1110. The van der Waals surface area contributed by atoms with Crippen LogP contribution in [-0.2, 0) is 17.6 Å². The molecule has 3 aliphatic rings. The highest BCUT2D eigenvalue weighted by Crippen LogP contribution is 2.40. The van der Waals surface area contributed by atoms with Crippen molar-refractivity contribution in [3.63, 3.8) is 0 Å². The van der Waals surface area contributed by atoms with Gasteiger partial charge < -0.3 is 19.2 Å². The van der Waals surface area contributed by atoms with Gasteiger partial charge in [-0.05, 0) is 76.5 Å². The normalized spacial score (nSPS) is 26.3. The molecule has 1 saturated heterocycles. The van der Waals surface area contributed by atoms with E-state index in [2.05, 4.69) is 0 Å². The smallest absolute Gasteiger partial charge is 0.339 e. The largest absolute Gasteiger partial charge is 0.480 e. The number of amides is 1. The van der Waals surface area contributed by atoms with Crippen LogP contribution >= 0.6 is 0 Å². The number of piperidine rings is 1. The Morgan fingerprint density at radius 3 is 2.78 bits per heavy atom. The molecule has 1 aliphatic heterocycles. The number of hydrogen-bond donors (Lipinski definition) is 1. The first kappa shape index (κ1) is 21.5. The monoisotopic (exact) mass is 439 g/mol. The number of fused-ring (bicyclic) bond motifs is 4. The number of carbonyl (C=O) groups is 1. The molecule has 6 nitrogen and oxygen atoms in total. The van der Waals surface area contributed by atoms with E-state index in [1.165, 1.54) is 0 Å². The minimum absolute atomic E-state index is 0.0518. The van der Waals surface area contributed by atoms with Crippen molar-refractivity contribution in [2.24, 2.45) is 5.92 Å². The van der Waals surface area contributed by atoms with Gasteiger partial charge in [-0.3, -0.25) is 4.79 Å². The Hall–Kier alpha value is -2.34. The Morgan fingerprint density at radius 2 is 1.97 bits per heavy atom. The molecule has 2 fully saturated rings. The lowest BCUT2D eigenvalue weighted by Gasteiger charge is -2.47. The van der Waals surface area contributed by atoms with E-state index in [1.807, 2.05) is 24.0 Å². The third-order valence-electron chi connectivity index (χ3n) is 7.98. The van der Waals surface area contributed by atoms with E-state index >= 15 is 0 Å². The second-order valence-corrected chi connectivity index (χ2v) is 9.96. The number of nitrogens with zero attached hydrogens (tertiary/aromatic N) is 1. The number of hydrogen-bond acceptors (Lipinski definition) is 5. The molecule has 6 heteroatoms. The molecule has 32 heavy (non-hydrogen) atoms. The summed E-state index contributed by atoms with van der Waals surface area (Å²) < 4.78 is 11.8. The molecule has 1 aromatic carbocycles. The van der Waals surface area contributed by atoms with Gasteiger partial charge in [0.2, 0.25) is 0 Å². The van der Waals surface area contributed by atoms with Crippen molar-refractivity contribution >= 4 is 16.9 Å². The fraction of sp³-hybridized carbons (Fsp3) is 0.615. The average Bonchev–Trinajstić information content (AvgIpc) is 2.80. The molecule has 1 aromatic heterocycles. The quantitative estimate of drug-likeness (QED) is 0.734. The molecular formula is C26H33NO5. The van der Waals surface area contributed by atoms with Crippen molar-refractivity contribution < 1.29 is 19.1 Å². The van der Waals surface area contributed by atoms with E-state index < -0.39 is 11.7 Å². The fourth-order valence-corrected chi connectivity index (χ4v) is 6.02. The SMILES string of the molecule is Cc1c(O[C@@H](C)C(=O)N2CC[C@@]3(O)CCCC[C@H]3C2)ccc2c3c(c(=O)oc12)CCCC3. The molecule has 5 rings (SSSR count). The maximum atomic E-state index is 13.1. The Balaban J connectivity index is 1.35. The molecule has 1 amide bonds. The predicted octanol–water partition coefficient (Wildman–Crippen LogP) is 3.90. The van der Waals surface area contributed by atoms with Crippen LogP contribution in [0.4, 0.5) is 0 Å². The number of aliphatic hydroxyl groups is 1. The summed E-state index contributed by atoms with van der Waals surface area (Å²) in [5, 5.41) is 11.9. The van der Waals surface area contributed by atoms with Crippen molar-refractivity contribution in [1.82, 2.24) is 4.90 Å². The van der Waals surface area contributed by atoms with Gasteiger partial charge in [0, 0.05) is 35.5 Å². The van der Waals surface area contributed by atoms with Gasteiger partial charge in [-0.2, -0.15) is 0 Å². The molecular weight excluding hydrogens is 406 g/mol. The number of benzene rings is 1. The van der Waals surface area contributed by atoms with Crippen molar-refractivity contribution in [2.75, 3.05) is 13.1 Å². The van der Waals surface area contributed by atoms with Crippen LogP contribution in [0.3, 0.4) is 0 Å². The zero-order chi connectivity index (χ0) is 22.5. The summed E-state index contributed by atoms with van der Waals surface area (Å²) in [5.74, 6) is 0.677. The van der Waals surface area contributed by atoms with Crippen LogP contribution in [0.15, 0.2) is 21.3 Å². The summed E-state index contributed by atoms with van der Waals surface area (Å²) in [6, 6.07) is 3.86. The van der Waals surface area contributed by atoms with Crippen LogP contribution in [-0.4, -0.2) is 40.7 Å². The van der Waals surface area contributed by atoms with Gasteiger partial charge in [0.25, 0.3) is 5.91 Å². The number of carbonyl (C=O) groups excluding carboxylic acids is 1. The van der Waals surface area contributed by atoms with Crippen LogP contribution in [0.1, 0.15) is 68.6 Å². The van der Waals surface area contributed by atoms with Gasteiger partial charge in [0.05, 0.1) is 5.60 Å². The van der Waals surface area contributed by atoms with Crippen molar-refractivity contribution in [3.05, 3.63) is 39.2 Å². The summed E-state index contributed by atoms with van der Waals surface area (Å²) in [5.41, 5.74) is 2.39. The highest BCUT2D eigenvalue weighted by molar-refractivity contribution is 5.86. The predicted molar refractivity (Wildman–Crippen MR) is 122 cm³/mol. The lowest BCUT2D eigenvalue weighted by molar-refractivity contribution is -0.149. The molecule has 2 aliphatic carbocycles. The van der Waals surface area contributed by atoms with Crippen LogP contribution in [0, 0.1) is 12.8 Å². The molecule has 2 aromatic rings. The maximum Gasteiger partial charge on any atom is 0.339 e. The third-order valence-corrected chi connectivity index (χ3v) is 7.98. The molecule has 0 unspecified atom stereocenters. The Morgan fingerprint density at radius 1 is 1.19 bits per heavy atom. The molecule has 0 radical (unpaired) electrons. The van der Waals surface area contributed by atoms with Gasteiger partial charge in [-0.25, -0.2) is 4.79 Å². The molecule has 172 valence electrons. The van der Waals surface area contributed by atoms with Crippen LogP contribution in [0.25, 0.3) is 11.0 Å². The first-order chi connectivity index (χ1) is 15.4. The number of rotatable bonds is 3. The van der Waals surface area contributed by atoms with Crippen molar-refractivity contribution in [2.45, 2.75) is 83.3 Å². The number of aryl methyl sites for hydroxylation is 2. The summed E-state index contributed by atoms with van der Waals surface area (Å²) in [4.78, 5) is 27.5. The van der Waals surface area contributed by atoms with E-state index in [4.69, 9.17) is 9.15 Å². The molecule has 1 saturated carbocycles. The first-order valence-electron chi connectivity index (χ1n) is 12.1. The number of ether oxygens (including phenoxy) is 1. The zero-order valence-electron chi connectivity index (χ0n) is 19.1. The Labute approximate surface area is 188 Å². The molecule has 3 atom stereocenters.